The summed E-state index contributed by atoms with van der Waals surface area (Å²) in [5.41, 5.74) is 4.00. The van der Waals surface area contributed by atoms with E-state index in [-0.39, 0.29) is 23.7 Å². The maximum absolute atomic E-state index is 13.8. The van der Waals surface area contributed by atoms with Crippen LogP contribution in [-0.2, 0) is 23.2 Å². The van der Waals surface area contributed by atoms with E-state index in [0.29, 0.717) is 18.5 Å². The molecule has 1 saturated heterocycles. The lowest BCUT2D eigenvalue weighted by Gasteiger charge is -2.32. The third-order valence-electron chi connectivity index (χ3n) is 7.10. The Morgan fingerprint density at radius 2 is 2.00 bits per heavy atom. The highest BCUT2D eigenvalue weighted by Crippen LogP contribution is 2.62. The minimum atomic E-state index is 0. The average molecular weight is 412 g/mol. The molecule has 2 fully saturated rings. The molecule has 1 aromatic carbocycles. The van der Waals surface area contributed by atoms with Crippen LogP contribution in [-0.4, -0.2) is 34.9 Å². The van der Waals surface area contributed by atoms with E-state index < -0.39 is 0 Å². The first-order chi connectivity index (χ1) is 13.8. The van der Waals surface area contributed by atoms with Gasteiger partial charge in [-0.1, -0.05) is 30.3 Å². The maximum Gasteiger partial charge on any atom is 0.227 e. The normalized spacial score (nSPS) is 27.6. The molecule has 1 saturated carbocycles. The predicted octanol–water partition coefficient (Wildman–Crippen LogP) is 3.88. The van der Waals surface area contributed by atoms with Crippen molar-refractivity contribution < 1.29 is 4.79 Å². The summed E-state index contributed by atoms with van der Waals surface area (Å²) in [7, 11) is 0. The Bertz CT molecular complexity index is 850. The highest BCUT2D eigenvalue weighted by atomic mass is 35.5. The molecule has 1 spiro atoms. The number of nitrogens with one attached hydrogen (secondary N) is 1. The summed E-state index contributed by atoms with van der Waals surface area (Å²) < 4.78 is 0. The molecule has 2 aliphatic carbocycles. The average Bonchev–Trinajstić information content (AvgIpc) is 3.43. The Morgan fingerprint density at radius 3 is 2.86 bits per heavy atom. The van der Waals surface area contributed by atoms with Crippen molar-refractivity contribution in [3.8, 4) is 0 Å². The first-order valence-electron chi connectivity index (χ1n) is 10.8. The van der Waals surface area contributed by atoms with Crippen LogP contribution in [0.3, 0.4) is 0 Å². The summed E-state index contributed by atoms with van der Waals surface area (Å²) >= 11 is 0. The SMILES string of the molecule is Cl.O=C(C1CC12CCc1ccccc12)N(Cc1ccccn1)C1CCCNCC1. The second-order valence-electron chi connectivity index (χ2n) is 8.69. The number of carbonyl (C=O) groups excluding carboxylic acids is 1. The molecule has 4 nitrogen and oxygen atoms in total. The molecule has 154 valence electrons. The fraction of sp³-hybridized carbons (Fsp3) is 0.500. The number of hydrogen-bond acceptors (Lipinski definition) is 3. The number of aromatic nitrogens is 1. The van der Waals surface area contributed by atoms with Crippen LogP contribution in [0.15, 0.2) is 48.7 Å². The van der Waals surface area contributed by atoms with Crippen molar-refractivity contribution in [1.82, 2.24) is 15.2 Å². The van der Waals surface area contributed by atoms with Gasteiger partial charge in [-0.05, 0) is 74.9 Å². The Morgan fingerprint density at radius 1 is 1.14 bits per heavy atom. The second-order valence-corrected chi connectivity index (χ2v) is 8.69. The molecule has 1 amide bonds. The zero-order valence-corrected chi connectivity index (χ0v) is 17.7. The van der Waals surface area contributed by atoms with Gasteiger partial charge in [0, 0.05) is 23.6 Å². The lowest BCUT2D eigenvalue weighted by Crippen LogP contribution is -2.42. The van der Waals surface area contributed by atoms with Crippen LogP contribution in [0.25, 0.3) is 0 Å². The summed E-state index contributed by atoms with van der Waals surface area (Å²) in [6, 6.07) is 15.1. The number of benzene rings is 1. The topological polar surface area (TPSA) is 45.2 Å². The molecular weight excluding hydrogens is 382 g/mol. The molecule has 1 aromatic heterocycles. The Kier molecular flexibility index (Phi) is 5.93. The van der Waals surface area contributed by atoms with Gasteiger partial charge in [0.05, 0.1) is 12.2 Å². The van der Waals surface area contributed by atoms with Crippen LogP contribution in [0.2, 0.25) is 0 Å². The molecule has 2 aromatic rings. The van der Waals surface area contributed by atoms with Crippen molar-refractivity contribution in [2.24, 2.45) is 5.92 Å². The fourth-order valence-corrected chi connectivity index (χ4v) is 5.49. The Balaban J connectivity index is 0.00000205. The van der Waals surface area contributed by atoms with Crippen molar-refractivity contribution in [3.05, 3.63) is 65.5 Å². The maximum atomic E-state index is 13.8. The van der Waals surface area contributed by atoms with Crippen LogP contribution in [0.5, 0.6) is 0 Å². The third-order valence-corrected chi connectivity index (χ3v) is 7.10. The van der Waals surface area contributed by atoms with Crippen molar-refractivity contribution in [2.75, 3.05) is 13.1 Å². The molecule has 0 radical (unpaired) electrons. The minimum Gasteiger partial charge on any atom is -0.333 e. The van der Waals surface area contributed by atoms with Crippen molar-refractivity contribution in [2.45, 2.75) is 56.5 Å². The Hall–Kier alpha value is -1.91. The summed E-state index contributed by atoms with van der Waals surface area (Å²) in [6.45, 7) is 2.69. The molecule has 3 unspecified atom stereocenters. The van der Waals surface area contributed by atoms with Crippen LogP contribution in [0.4, 0.5) is 0 Å². The molecule has 3 aliphatic rings. The number of carbonyl (C=O) groups is 1. The predicted molar refractivity (Wildman–Crippen MR) is 117 cm³/mol. The van der Waals surface area contributed by atoms with Crippen molar-refractivity contribution >= 4 is 18.3 Å². The van der Waals surface area contributed by atoms with Gasteiger partial charge >= 0.3 is 0 Å². The highest BCUT2D eigenvalue weighted by molar-refractivity contribution is 5.85. The Labute approximate surface area is 179 Å². The van der Waals surface area contributed by atoms with E-state index in [0.717, 1.165) is 57.3 Å². The number of amides is 1. The van der Waals surface area contributed by atoms with Gasteiger partial charge in [-0.3, -0.25) is 9.78 Å². The highest BCUT2D eigenvalue weighted by Gasteiger charge is 2.62. The zero-order valence-electron chi connectivity index (χ0n) is 16.8. The number of halogens is 1. The van der Waals surface area contributed by atoms with Gasteiger partial charge in [-0.25, -0.2) is 0 Å². The van der Waals surface area contributed by atoms with Gasteiger partial charge in [0.2, 0.25) is 5.91 Å². The van der Waals surface area contributed by atoms with Crippen LogP contribution in [0, 0.1) is 5.92 Å². The minimum absolute atomic E-state index is 0. The zero-order chi connectivity index (χ0) is 19.0. The van der Waals surface area contributed by atoms with Gasteiger partial charge in [-0.2, -0.15) is 0 Å². The number of nitrogens with zero attached hydrogens (tertiary/aromatic N) is 2. The monoisotopic (exact) mass is 411 g/mol. The van der Waals surface area contributed by atoms with E-state index in [2.05, 4.69) is 39.5 Å². The molecule has 2 heterocycles. The first kappa shape index (κ1) is 20.4. The summed E-state index contributed by atoms with van der Waals surface area (Å²) in [5, 5.41) is 3.49. The second kappa shape index (κ2) is 8.45. The molecule has 1 N–H and O–H groups in total. The first-order valence-corrected chi connectivity index (χ1v) is 10.8. The van der Waals surface area contributed by atoms with Crippen molar-refractivity contribution in [3.63, 3.8) is 0 Å². The van der Waals surface area contributed by atoms with E-state index in [1.54, 1.807) is 0 Å². The van der Waals surface area contributed by atoms with E-state index in [1.807, 2.05) is 24.4 Å². The number of rotatable bonds is 4. The molecule has 1 aliphatic heterocycles. The van der Waals surface area contributed by atoms with E-state index >= 15 is 0 Å². The summed E-state index contributed by atoms with van der Waals surface area (Å²) in [5.74, 6) is 0.505. The molecule has 5 heteroatoms. The van der Waals surface area contributed by atoms with Gasteiger partial charge in [0.15, 0.2) is 0 Å². The number of fused-ring (bicyclic) bond motifs is 2. The molecule has 3 atom stereocenters. The molecule has 5 rings (SSSR count). The third kappa shape index (κ3) is 3.80. The van der Waals surface area contributed by atoms with Gasteiger partial charge < -0.3 is 10.2 Å². The fourth-order valence-electron chi connectivity index (χ4n) is 5.49. The van der Waals surface area contributed by atoms with Crippen LogP contribution < -0.4 is 5.32 Å². The molecule has 0 bridgehead atoms. The standard InChI is InChI=1S/C24H29N3O.ClH/c28-23(22-16-24(22)12-10-18-6-1-2-9-21(18)24)27(17-19-7-3-4-14-26-19)20-8-5-13-25-15-11-20;/h1-4,6-7,9,14,20,22,25H,5,8,10-13,15-17H2;1H. The van der Waals surface area contributed by atoms with Crippen molar-refractivity contribution in [1.29, 1.82) is 0 Å². The van der Waals surface area contributed by atoms with Crippen LogP contribution in [0.1, 0.15) is 48.9 Å². The largest absolute Gasteiger partial charge is 0.333 e. The van der Waals surface area contributed by atoms with Gasteiger partial charge in [0.1, 0.15) is 0 Å². The quantitative estimate of drug-likeness (QED) is 0.830. The molecule has 29 heavy (non-hydrogen) atoms. The lowest BCUT2D eigenvalue weighted by molar-refractivity contribution is -0.136. The van der Waals surface area contributed by atoms with Gasteiger partial charge in [0.25, 0.3) is 0 Å². The number of aryl methyl sites for hydroxylation is 1. The summed E-state index contributed by atoms with van der Waals surface area (Å²) in [4.78, 5) is 20.5. The van der Waals surface area contributed by atoms with Gasteiger partial charge in [-0.15, -0.1) is 12.4 Å². The molecular formula is C24H30ClN3O. The lowest BCUT2D eigenvalue weighted by atomic mass is 9.94. The van der Waals surface area contributed by atoms with E-state index in [4.69, 9.17) is 0 Å². The smallest absolute Gasteiger partial charge is 0.227 e. The van der Waals surface area contributed by atoms with E-state index in [1.165, 1.54) is 11.1 Å². The van der Waals surface area contributed by atoms with Crippen LogP contribution >= 0.6 is 12.4 Å². The number of pyridine rings is 1. The number of hydrogen-bond donors (Lipinski definition) is 1. The summed E-state index contributed by atoms with van der Waals surface area (Å²) in [6.07, 6.45) is 8.36. The van der Waals surface area contributed by atoms with E-state index in [9.17, 15) is 4.79 Å².